The van der Waals surface area contributed by atoms with Crippen molar-refractivity contribution >= 4 is 46.0 Å². The number of nitrogens with one attached hydrogen (secondary N) is 1. The zero-order valence-corrected chi connectivity index (χ0v) is 16.2. The number of benzene rings is 1. The molecule has 23 heavy (non-hydrogen) atoms. The van der Waals surface area contributed by atoms with E-state index in [1.165, 1.54) is 4.90 Å². The fraction of sp³-hybridized carbons (Fsp3) is 0.562. The van der Waals surface area contributed by atoms with Gasteiger partial charge < -0.3 is 15.8 Å². The number of amides is 1. The minimum atomic E-state index is -0.303. The van der Waals surface area contributed by atoms with Gasteiger partial charge in [-0.1, -0.05) is 12.1 Å². The quantitative estimate of drug-likeness (QED) is 0.497. The van der Waals surface area contributed by atoms with Crippen LogP contribution in [-0.2, 0) is 9.53 Å². The van der Waals surface area contributed by atoms with Crippen LogP contribution in [0.1, 0.15) is 25.7 Å². The van der Waals surface area contributed by atoms with E-state index in [-0.39, 0.29) is 30.5 Å². The van der Waals surface area contributed by atoms with Crippen molar-refractivity contribution in [1.29, 1.82) is 0 Å². The van der Waals surface area contributed by atoms with Crippen LogP contribution in [0, 0.1) is 0 Å². The summed E-state index contributed by atoms with van der Waals surface area (Å²) < 4.78 is 6.72. The molecule has 4 nitrogen and oxygen atoms in total. The molecule has 130 valence electrons. The first-order valence-electron chi connectivity index (χ1n) is 7.71. The average molecular weight is 424 g/mol. The standard InChI is InChI=1S/C16H23BrN2O2S.ClH/c17-13-5-1-2-6-15(13)22-10-4-3-9-19-16(20)14-8-7-12(11-18)21-14;/h1-2,5-6,12,14H,3-4,7-11,18H2,(H,19,20);1H/t12-,14+;/m1./s1. The first-order valence-corrected chi connectivity index (χ1v) is 9.49. The lowest BCUT2D eigenvalue weighted by molar-refractivity contribution is -0.131. The third kappa shape index (κ3) is 7.01. The Hall–Kier alpha value is -0.270. The van der Waals surface area contributed by atoms with Crippen molar-refractivity contribution in [3.8, 4) is 0 Å². The van der Waals surface area contributed by atoms with Gasteiger partial charge in [0.25, 0.3) is 0 Å². The number of carbonyl (C=O) groups is 1. The van der Waals surface area contributed by atoms with Crippen LogP contribution < -0.4 is 11.1 Å². The molecule has 1 aromatic rings. The Bertz CT molecular complexity index is 493. The number of ether oxygens (including phenoxy) is 1. The summed E-state index contributed by atoms with van der Waals surface area (Å²) in [4.78, 5) is 13.2. The predicted molar refractivity (Wildman–Crippen MR) is 101 cm³/mol. The Labute approximate surface area is 156 Å². The van der Waals surface area contributed by atoms with Gasteiger partial charge in [0.2, 0.25) is 5.91 Å². The van der Waals surface area contributed by atoms with E-state index in [1.54, 1.807) is 0 Å². The maximum atomic E-state index is 11.9. The lowest BCUT2D eigenvalue weighted by Crippen LogP contribution is -2.36. The van der Waals surface area contributed by atoms with Crippen LogP contribution in [0.3, 0.4) is 0 Å². The molecule has 1 amide bonds. The van der Waals surface area contributed by atoms with Crippen molar-refractivity contribution in [3.63, 3.8) is 0 Å². The molecule has 1 aliphatic heterocycles. The fourth-order valence-electron chi connectivity index (χ4n) is 2.37. The van der Waals surface area contributed by atoms with Crippen molar-refractivity contribution in [3.05, 3.63) is 28.7 Å². The van der Waals surface area contributed by atoms with E-state index in [0.717, 1.165) is 35.9 Å². The minimum absolute atomic E-state index is 0. The summed E-state index contributed by atoms with van der Waals surface area (Å²) in [6, 6.07) is 8.23. The van der Waals surface area contributed by atoms with E-state index < -0.39 is 0 Å². The Kier molecular flexibility index (Phi) is 10.2. The van der Waals surface area contributed by atoms with Crippen molar-refractivity contribution in [2.75, 3.05) is 18.8 Å². The molecule has 0 spiro atoms. The van der Waals surface area contributed by atoms with Gasteiger partial charge in [-0.15, -0.1) is 24.2 Å². The zero-order chi connectivity index (χ0) is 15.8. The molecule has 2 atom stereocenters. The van der Waals surface area contributed by atoms with E-state index in [1.807, 2.05) is 23.9 Å². The lowest BCUT2D eigenvalue weighted by Gasteiger charge is -2.12. The average Bonchev–Trinajstić information content (AvgIpc) is 3.01. The van der Waals surface area contributed by atoms with E-state index >= 15 is 0 Å². The minimum Gasteiger partial charge on any atom is -0.364 e. The second-order valence-corrected chi connectivity index (χ2v) is 7.33. The highest BCUT2D eigenvalue weighted by Crippen LogP contribution is 2.27. The molecule has 0 radical (unpaired) electrons. The van der Waals surface area contributed by atoms with Gasteiger partial charge >= 0.3 is 0 Å². The Morgan fingerprint density at radius 3 is 2.83 bits per heavy atom. The van der Waals surface area contributed by atoms with Gasteiger partial charge in [0.15, 0.2) is 0 Å². The number of thioether (sulfide) groups is 1. The predicted octanol–water partition coefficient (Wildman–Crippen LogP) is 3.37. The summed E-state index contributed by atoms with van der Waals surface area (Å²) in [5, 5.41) is 2.96. The second kappa shape index (κ2) is 11.3. The molecular formula is C16H24BrClN2O2S. The van der Waals surface area contributed by atoms with Crippen molar-refractivity contribution in [2.45, 2.75) is 42.8 Å². The van der Waals surface area contributed by atoms with Gasteiger partial charge in [0.1, 0.15) is 6.10 Å². The van der Waals surface area contributed by atoms with Crippen LogP contribution in [0.4, 0.5) is 0 Å². The third-order valence-corrected chi connectivity index (χ3v) is 5.74. The maximum Gasteiger partial charge on any atom is 0.249 e. The van der Waals surface area contributed by atoms with Gasteiger partial charge in [-0.05, 0) is 59.5 Å². The molecule has 1 aliphatic rings. The van der Waals surface area contributed by atoms with E-state index in [9.17, 15) is 4.79 Å². The van der Waals surface area contributed by atoms with Crippen LogP contribution >= 0.6 is 40.1 Å². The van der Waals surface area contributed by atoms with Gasteiger partial charge in [-0.3, -0.25) is 4.79 Å². The summed E-state index contributed by atoms with van der Waals surface area (Å²) in [5.74, 6) is 1.06. The maximum absolute atomic E-state index is 11.9. The highest BCUT2D eigenvalue weighted by atomic mass is 79.9. The molecule has 1 heterocycles. The van der Waals surface area contributed by atoms with E-state index in [4.69, 9.17) is 10.5 Å². The zero-order valence-electron chi connectivity index (χ0n) is 13.0. The Balaban J connectivity index is 0.00000264. The number of unbranched alkanes of at least 4 members (excludes halogenated alkanes) is 1. The highest BCUT2D eigenvalue weighted by molar-refractivity contribution is 9.10. The first-order chi connectivity index (χ1) is 10.7. The van der Waals surface area contributed by atoms with Crippen LogP contribution in [0.25, 0.3) is 0 Å². The lowest BCUT2D eigenvalue weighted by atomic mass is 10.2. The number of halogens is 2. The number of rotatable bonds is 8. The molecule has 7 heteroatoms. The molecule has 0 unspecified atom stereocenters. The van der Waals surface area contributed by atoms with E-state index in [0.29, 0.717) is 13.1 Å². The molecule has 3 N–H and O–H groups in total. The Morgan fingerprint density at radius 1 is 1.35 bits per heavy atom. The molecule has 0 aliphatic carbocycles. The normalized spacial score (nSPS) is 20.1. The second-order valence-electron chi connectivity index (χ2n) is 5.34. The SMILES string of the molecule is Cl.NC[C@H]1CC[C@@H](C(=O)NCCCCSc2ccccc2Br)O1. The van der Waals surface area contributed by atoms with Gasteiger partial charge in [0.05, 0.1) is 6.10 Å². The van der Waals surface area contributed by atoms with Crippen LogP contribution in [0.2, 0.25) is 0 Å². The van der Waals surface area contributed by atoms with Crippen molar-refractivity contribution < 1.29 is 9.53 Å². The first kappa shape index (κ1) is 20.8. The fourth-order valence-corrected chi connectivity index (χ4v) is 3.95. The van der Waals surface area contributed by atoms with Gasteiger partial charge in [-0.25, -0.2) is 0 Å². The van der Waals surface area contributed by atoms with Crippen molar-refractivity contribution in [1.82, 2.24) is 5.32 Å². The summed E-state index contributed by atoms with van der Waals surface area (Å²) in [6.45, 7) is 1.21. The number of hydrogen-bond acceptors (Lipinski definition) is 4. The molecule has 1 saturated heterocycles. The highest BCUT2D eigenvalue weighted by Gasteiger charge is 2.29. The van der Waals surface area contributed by atoms with Gasteiger partial charge in [0, 0.05) is 22.5 Å². The van der Waals surface area contributed by atoms with Gasteiger partial charge in [-0.2, -0.15) is 0 Å². The van der Waals surface area contributed by atoms with Crippen LogP contribution in [-0.4, -0.2) is 37.0 Å². The molecule has 0 bridgehead atoms. The van der Waals surface area contributed by atoms with Crippen LogP contribution in [0.5, 0.6) is 0 Å². The number of hydrogen-bond donors (Lipinski definition) is 2. The molecule has 1 fully saturated rings. The topological polar surface area (TPSA) is 64.4 Å². The summed E-state index contributed by atoms with van der Waals surface area (Å²) in [5.41, 5.74) is 5.55. The number of nitrogens with two attached hydrogens (primary N) is 1. The van der Waals surface area contributed by atoms with Crippen molar-refractivity contribution in [2.24, 2.45) is 5.73 Å². The molecule has 0 aromatic heterocycles. The smallest absolute Gasteiger partial charge is 0.249 e. The summed E-state index contributed by atoms with van der Waals surface area (Å²) >= 11 is 5.38. The molecule has 2 rings (SSSR count). The third-order valence-electron chi connectivity index (χ3n) is 3.63. The Morgan fingerprint density at radius 2 is 2.13 bits per heavy atom. The summed E-state index contributed by atoms with van der Waals surface area (Å²) in [7, 11) is 0. The summed E-state index contributed by atoms with van der Waals surface area (Å²) in [6.07, 6.45) is 3.47. The molecule has 1 aromatic carbocycles. The molecular weight excluding hydrogens is 400 g/mol. The van der Waals surface area contributed by atoms with Crippen LogP contribution in [0.15, 0.2) is 33.6 Å². The number of carbonyl (C=O) groups excluding carboxylic acids is 1. The molecule has 0 saturated carbocycles. The van der Waals surface area contributed by atoms with E-state index in [2.05, 4.69) is 33.4 Å². The largest absolute Gasteiger partial charge is 0.364 e. The monoisotopic (exact) mass is 422 g/mol.